The number of rotatable bonds is 1. The fourth-order valence-corrected chi connectivity index (χ4v) is 1.72. The summed E-state index contributed by atoms with van der Waals surface area (Å²) in [5, 5.41) is 0. The van der Waals surface area contributed by atoms with E-state index >= 15 is 0 Å². The number of amides is 1. The van der Waals surface area contributed by atoms with Gasteiger partial charge in [-0.25, -0.2) is 0 Å². The molecule has 0 saturated heterocycles. The van der Waals surface area contributed by atoms with Gasteiger partial charge in [0.1, 0.15) is 0 Å². The van der Waals surface area contributed by atoms with Crippen LogP contribution in [0.4, 0.5) is 5.69 Å². The van der Waals surface area contributed by atoms with E-state index in [1.807, 2.05) is 18.2 Å². The second-order valence-electron chi connectivity index (χ2n) is 3.45. The molecule has 1 aliphatic heterocycles. The Kier molecular flexibility index (Phi) is 2.19. The maximum absolute atomic E-state index is 11.7. The molecule has 4 nitrogen and oxygen atoms in total. The molecule has 0 saturated carbocycles. The maximum atomic E-state index is 11.7. The third-order valence-electron chi connectivity index (χ3n) is 2.42. The van der Waals surface area contributed by atoms with E-state index in [0.29, 0.717) is 0 Å². The lowest BCUT2D eigenvalue weighted by Crippen LogP contribution is -2.26. The third-order valence-corrected chi connectivity index (χ3v) is 2.42. The Morgan fingerprint density at radius 3 is 2.73 bits per heavy atom. The van der Waals surface area contributed by atoms with E-state index in [1.54, 1.807) is 13.1 Å². The molecule has 0 N–H and O–H groups in total. The molecule has 4 heteroatoms. The van der Waals surface area contributed by atoms with Gasteiger partial charge in [-0.1, -0.05) is 18.2 Å². The van der Waals surface area contributed by atoms with Crippen LogP contribution in [-0.4, -0.2) is 18.9 Å². The molecule has 0 spiro atoms. The number of ether oxygens (including phenoxy) is 1. The van der Waals surface area contributed by atoms with Crippen LogP contribution in [0.3, 0.4) is 0 Å². The largest absolute Gasteiger partial charge is 0.447 e. The zero-order chi connectivity index (χ0) is 11.0. The third kappa shape index (κ3) is 1.48. The van der Waals surface area contributed by atoms with Crippen molar-refractivity contribution in [1.82, 2.24) is 0 Å². The molecule has 15 heavy (non-hydrogen) atoms. The molecule has 1 atom stereocenters. The Balaban J connectivity index is 2.42. The number of nitrogens with zero attached hydrogens (tertiary/aromatic N) is 1. The predicted molar refractivity (Wildman–Crippen MR) is 54.4 cm³/mol. The highest BCUT2D eigenvalue weighted by Crippen LogP contribution is 2.36. The highest BCUT2D eigenvalue weighted by Gasteiger charge is 2.37. The lowest BCUT2D eigenvalue weighted by molar-refractivity contribution is -0.152. The first-order valence-electron chi connectivity index (χ1n) is 4.65. The Bertz CT molecular complexity index is 428. The first kappa shape index (κ1) is 9.71. The van der Waals surface area contributed by atoms with Crippen LogP contribution in [0.25, 0.3) is 0 Å². The van der Waals surface area contributed by atoms with E-state index in [0.717, 1.165) is 11.3 Å². The van der Waals surface area contributed by atoms with Crippen molar-refractivity contribution < 1.29 is 14.3 Å². The van der Waals surface area contributed by atoms with Gasteiger partial charge in [0, 0.05) is 19.5 Å². The van der Waals surface area contributed by atoms with E-state index in [9.17, 15) is 9.59 Å². The maximum Gasteiger partial charge on any atom is 0.303 e. The summed E-state index contributed by atoms with van der Waals surface area (Å²) in [5.74, 6) is -0.648. The minimum absolute atomic E-state index is 0.202. The van der Waals surface area contributed by atoms with Crippen LogP contribution in [0.2, 0.25) is 0 Å². The van der Waals surface area contributed by atoms with Crippen molar-refractivity contribution in [2.45, 2.75) is 13.0 Å². The number of esters is 1. The summed E-state index contributed by atoms with van der Waals surface area (Å²) >= 11 is 0. The minimum Gasteiger partial charge on any atom is -0.447 e. The van der Waals surface area contributed by atoms with Gasteiger partial charge in [0.2, 0.25) is 6.10 Å². The summed E-state index contributed by atoms with van der Waals surface area (Å²) in [7, 11) is 1.67. The molecule has 0 bridgehead atoms. The Hall–Kier alpha value is -1.84. The second-order valence-corrected chi connectivity index (χ2v) is 3.45. The number of para-hydroxylation sites is 1. The van der Waals surface area contributed by atoms with E-state index in [1.165, 1.54) is 11.8 Å². The molecular formula is C11H11NO3. The standard InChI is InChI=1S/C11H11NO3/c1-7(13)15-10-8-5-3-4-6-9(8)12(2)11(10)14/h3-6,10H,1-2H3/t10-/m0/s1. The van der Waals surface area contributed by atoms with Crippen molar-refractivity contribution in [2.24, 2.45) is 0 Å². The number of hydrogen-bond donors (Lipinski definition) is 0. The number of fused-ring (bicyclic) bond motifs is 1. The SMILES string of the molecule is CC(=O)O[C@@H]1C(=O)N(C)c2ccccc21. The second kappa shape index (κ2) is 3.38. The summed E-state index contributed by atoms with van der Waals surface area (Å²) in [6.45, 7) is 1.30. The molecule has 1 aromatic carbocycles. The fourth-order valence-electron chi connectivity index (χ4n) is 1.72. The molecular weight excluding hydrogens is 194 g/mol. The molecule has 0 fully saturated rings. The Morgan fingerprint density at radius 1 is 1.40 bits per heavy atom. The number of likely N-dealkylation sites (N-methyl/N-ethyl adjacent to an activating group) is 1. The summed E-state index contributed by atoms with van der Waals surface area (Å²) in [6, 6.07) is 7.29. The van der Waals surface area contributed by atoms with E-state index in [2.05, 4.69) is 0 Å². The van der Waals surface area contributed by atoms with Crippen molar-refractivity contribution in [2.75, 3.05) is 11.9 Å². The molecule has 0 unspecified atom stereocenters. The van der Waals surface area contributed by atoms with Crippen LogP contribution in [0.15, 0.2) is 24.3 Å². The Labute approximate surface area is 87.4 Å². The summed E-state index contributed by atoms with van der Waals surface area (Å²) in [4.78, 5) is 24.1. The number of carbonyl (C=O) groups is 2. The minimum atomic E-state index is -0.774. The predicted octanol–water partition coefficient (Wildman–Crippen LogP) is 1.27. The molecule has 0 aromatic heterocycles. The van der Waals surface area contributed by atoms with Crippen LogP contribution < -0.4 is 4.90 Å². The van der Waals surface area contributed by atoms with Crippen LogP contribution in [0.5, 0.6) is 0 Å². The van der Waals surface area contributed by atoms with Crippen LogP contribution in [0.1, 0.15) is 18.6 Å². The molecule has 1 aliphatic rings. The number of carbonyl (C=O) groups excluding carboxylic acids is 2. The van der Waals surface area contributed by atoms with E-state index in [-0.39, 0.29) is 5.91 Å². The normalized spacial score (nSPS) is 18.9. The molecule has 2 rings (SSSR count). The van der Waals surface area contributed by atoms with Gasteiger partial charge >= 0.3 is 5.97 Å². The molecule has 0 radical (unpaired) electrons. The van der Waals surface area contributed by atoms with Gasteiger partial charge in [0.25, 0.3) is 5.91 Å². The van der Waals surface area contributed by atoms with E-state index < -0.39 is 12.1 Å². The van der Waals surface area contributed by atoms with Crippen LogP contribution >= 0.6 is 0 Å². The zero-order valence-corrected chi connectivity index (χ0v) is 8.56. The van der Waals surface area contributed by atoms with Gasteiger partial charge in [-0.3, -0.25) is 9.59 Å². The van der Waals surface area contributed by atoms with Gasteiger partial charge in [-0.2, -0.15) is 0 Å². The van der Waals surface area contributed by atoms with Crippen LogP contribution in [-0.2, 0) is 14.3 Å². The molecule has 78 valence electrons. The van der Waals surface area contributed by atoms with Gasteiger partial charge in [0.15, 0.2) is 0 Å². The average Bonchev–Trinajstić information content (AvgIpc) is 2.44. The summed E-state index contributed by atoms with van der Waals surface area (Å²) in [6.07, 6.45) is -0.774. The van der Waals surface area contributed by atoms with Gasteiger partial charge in [0.05, 0.1) is 5.69 Å². The highest BCUT2D eigenvalue weighted by atomic mass is 16.5. The van der Waals surface area contributed by atoms with Crippen LogP contribution in [0, 0.1) is 0 Å². The zero-order valence-electron chi connectivity index (χ0n) is 8.56. The monoisotopic (exact) mass is 205 g/mol. The van der Waals surface area contributed by atoms with Gasteiger partial charge in [-0.05, 0) is 6.07 Å². The number of hydrogen-bond acceptors (Lipinski definition) is 3. The van der Waals surface area contributed by atoms with Crippen molar-refractivity contribution >= 4 is 17.6 Å². The van der Waals surface area contributed by atoms with Crippen molar-refractivity contribution in [3.63, 3.8) is 0 Å². The lowest BCUT2D eigenvalue weighted by atomic mass is 10.1. The summed E-state index contributed by atoms with van der Waals surface area (Å²) < 4.78 is 4.99. The molecule has 1 aromatic rings. The summed E-state index contributed by atoms with van der Waals surface area (Å²) in [5.41, 5.74) is 1.55. The quantitative estimate of drug-likeness (QED) is 0.648. The van der Waals surface area contributed by atoms with Crippen molar-refractivity contribution in [3.05, 3.63) is 29.8 Å². The lowest BCUT2D eigenvalue weighted by Gasteiger charge is -2.10. The Morgan fingerprint density at radius 2 is 2.07 bits per heavy atom. The molecule has 0 aliphatic carbocycles. The topological polar surface area (TPSA) is 46.6 Å². The smallest absolute Gasteiger partial charge is 0.303 e. The fraction of sp³-hybridized carbons (Fsp3) is 0.273. The first-order valence-corrected chi connectivity index (χ1v) is 4.65. The molecule has 1 heterocycles. The molecule has 1 amide bonds. The van der Waals surface area contributed by atoms with Gasteiger partial charge < -0.3 is 9.64 Å². The van der Waals surface area contributed by atoms with Crippen molar-refractivity contribution in [1.29, 1.82) is 0 Å². The van der Waals surface area contributed by atoms with E-state index in [4.69, 9.17) is 4.74 Å². The van der Waals surface area contributed by atoms with Crippen molar-refractivity contribution in [3.8, 4) is 0 Å². The van der Waals surface area contributed by atoms with Gasteiger partial charge in [-0.15, -0.1) is 0 Å². The number of benzene rings is 1. The highest BCUT2D eigenvalue weighted by molar-refractivity contribution is 6.04. The average molecular weight is 205 g/mol. The first-order chi connectivity index (χ1) is 7.11. The number of anilines is 1.